The van der Waals surface area contributed by atoms with Crippen molar-refractivity contribution in [1.29, 1.82) is 0 Å². The maximum atomic E-state index is 3.85. The van der Waals surface area contributed by atoms with Crippen molar-refractivity contribution < 1.29 is 0 Å². The first-order valence-electron chi connectivity index (χ1n) is 8.44. The average Bonchev–Trinajstić information content (AvgIpc) is 2.90. The summed E-state index contributed by atoms with van der Waals surface area (Å²) >= 11 is 5.62. The molecule has 1 unspecified atom stereocenters. The van der Waals surface area contributed by atoms with E-state index in [1.54, 1.807) is 0 Å². The number of rotatable bonds is 4. The Morgan fingerprint density at radius 1 is 1.38 bits per heavy atom. The zero-order valence-corrected chi connectivity index (χ0v) is 15.4. The van der Waals surface area contributed by atoms with Gasteiger partial charge < -0.3 is 5.32 Å². The van der Waals surface area contributed by atoms with E-state index in [1.807, 2.05) is 11.3 Å². The monoisotopic (exact) mass is 370 g/mol. The fourth-order valence-electron chi connectivity index (χ4n) is 4.06. The maximum absolute atomic E-state index is 3.85. The lowest BCUT2D eigenvalue weighted by atomic mass is 9.78. The summed E-state index contributed by atoms with van der Waals surface area (Å²) in [7, 11) is 0. The van der Waals surface area contributed by atoms with Crippen LogP contribution >= 0.6 is 27.3 Å². The van der Waals surface area contributed by atoms with Gasteiger partial charge in [0.1, 0.15) is 0 Å². The molecule has 1 saturated carbocycles. The molecule has 2 fully saturated rings. The highest BCUT2D eigenvalue weighted by Gasteiger charge is 2.42. The van der Waals surface area contributed by atoms with Crippen LogP contribution in [0.1, 0.15) is 56.7 Å². The third-order valence-electron chi connectivity index (χ3n) is 5.28. The number of hydrogen-bond acceptors (Lipinski definition) is 3. The Kier molecular flexibility index (Phi) is 5.41. The quantitative estimate of drug-likeness (QED) is 0.819. The Morgan fingerprint density at radius 3 is 2.86 bits per heavy atom. The predicted molar refractivity (Wildman–Crippen MR) is 94.9 cm³/mol. The van der Waals surface area contributed by atoms with Crippen molar-refractivity contribution in [2.75, 3.05) is 13.1 Å². The van der Waals surface area contributed by atoms with Crippen LogP contribution in [-0.4, -0.2) is 29.6 Å². The lowest BCUT2D eigenvalue weighted by molar-refractivity contribution is 0.00248. The van der Waals surface area contributed by atoms with Crippen LogP contribution in [0.15, 0.2) is 15.9 Å². The molecule has 1 aliphatic heterocycles. The van der Waals surface area contributed by atoms with Crippen molar-refractivity contribution in [3.8, 4) is 0 Å². The van der Waals surface area contributed by atoms with Gasteiger partial charge in [0.25, 0.3) is 0 Å². The Bertz CT molecular complexity index is 453. The second-order valence-electron chi connectivity index (χ2n) is 6.72. The summed E-state index contributed by atoms with van der Waals surface area (Å²) in [6, 6.07) is 2.88. The van der Waals surface area contributed by atoms with E-state index < -0.39 is 0 Å². The summed E-state index contributed by atoms with van der Waals surface area (Å²) in [5.74, 6) is 0. The summed E-state index contributed by atoms with van der Waals surface area (Å²) in [6.45, 7) is 5.84. The maximum Gasteiger partial charge on any atom is 0.0346 e. The number of nitrogens with zero attached hydrogens (tertiary/aromatic N) is 1. The number of nitrogens with one attached hydrogen (secondary N) is 1. The van der Waals surface area contributed by atoms with Gasteiger partial charge in [0.2, 0.25) is 0 Å². The van der Waals surface area contributed by atoms with Crippen LogP contribution in [0.3, 0.4) is 0 Å². The van der Waals surface area contributed by atoms with Crippen LogP contribution in [0.25, 0.3) is 0 Å². The lowest BCUT2D eigenvalue weighted by Crippen LogP contribution is -2.64. The van der Waals surface area contributed by atoms with Crippen LogP contribution in [0.5, 0.6) is 0 Å². The van der Waals surface area contributed by atoms with Gasteiger partial charge in [-0.1, -0.05) is 32.6 Å². The van der Waals surface area contributed by atoms with Gasteiger partial charge in [-0.15, -0.1) is 11.3 Å². The van der Waals surface area contributed by atoms with Crippen molar-refractivity contribution in [2.24, 2.45) is 0 Å². The Balaban J connectivity index is 1.77. The van der Waals surface area contributed by atoms with Gasteiger partial charge in [-0.05, 0) is 46.6 Å². The smallest absolute Gasteiger partial charge is 0.0346 e. The van der Waals surface area contributed by atoms with Crippen LogP contribution in [0, 0.1) is 0 Å². The van der Waals surface area contributed by atoms with E-state index in [0.29, 0.717) is 11.6 Å². The molecule has 3 rings (SSSR count). The van der Waals surface area contributed by atoms with Crippen LogP contribution in [-0.2, 0) is 6.54 Å². The molecular formula is C17H27BrN2S. The van der Waals surface area contributed by atoms with Gasteiger partial charge >= 0.3 is 0 Å². The normalized spacial score (nSPS) is 26.3. The molecule has 1 aliphatic carbocycles. The second-order valence-corrected chi connectivity index (χ2v) is 8.58. The molecular weight excluding hydrogens is 344 g/mol. The predicted octanol–water partition coefficient (Wildman–Crippen LogP) is 4.79. The van der Waals surface area contributed by atoms with E-state index in [0.717, 1.165) is 6.54 Å². The minimum absolute atomic E-state index is 0.423. The summed E-state index contributed by atoms with van der Waals surface area (Å²) in [5, 5.41) is 6.06. The summed E-state index contributed by atoms with van der Waals surface area (Å²) in [6.07, 6.45) is 9.57. The fourth-order valence-corrected chi connectivity index (χ4v) is 5.55. The number of hydrogen-bond donors (Lipinski definition) is 1. The van der Waals surface area contributed by atoms with Gasteiger partial charge in [-0.25, -0.2) is 0 Å². The first-order chi connectivity index (χ1) is 10.2. The van der Waals surface area contributed by atoms with Gasteiger partial charge in [0, 0.05) is 40.6 Å². The summed E-state index contributed by atoms with van der Waals surface area (Å²) < 4.78 is 1.30. The van der Waals surface area contributed by atoms with Crippen molar-refractivity contribution in [3.05, 3.63) is 20.8 Å². The highest BCUT2D eigenvalue weighted by molar-refractivity contribution is 9.10. The molecule has 0 amide bonds. The largest absolute Gasteiger partial charge is 0.311 e. The lowest BCUT2D eigenvalue weighted by Gasteiger charge is -2.52. The topological polar surface area (TPSA) is 15.3 Å². The third kappa shape index (κ3) is 3.54. The molecule has 0 bridgehead atoms. The second kappa shape index (κ2) is 7.12. The molecule has 118 valence electrons. The molecule has 1 N–H and O–H groups in total. The fraction of sp³-hybridized carbons (Fsp3) is 0.765. The van der Waals surface area contributed by atoms with Crippen LogP contribution in [0.2, 0.25) is 0 Å². The minimum Gasteiger partial charge on any atom is -0.311 e. The highest BCUT2D eigenvalue weighted by Crippen LogP contribution is 2.38. The first kappa shape index (κ1) is 16.0. The molecule has 1 aromatic rings. The Hall–Kier alpha value is 0.1000. The summed E-state index contributed by atoms with van der Waals surface area (Å²) in [5.41, 5.74) is 0.423. The van der Waals surface area contributed by atoms with Crippen LogP contribution in [0.4, 0.5) is 0 Å². The molecule has 2 heterocycles. The van der Waals surface area contributed by atoms with Crippen molar-refractivity contribution in [1.82, 2.24) is 10.2 Å². The van der Waals surface area contributed by atoms with Gasteiger partial charge in [0.15, 0.2) is 0 Å². The van der Waals surface area contributed by atoms with Crippen molar-refractivity contribution in [3.63, 3.8) is 0 Å². The number of piperazine rings is 1. The van der Waals surface area contributed by atoms with Crippen molar-refractivity contribution >= 4 is 27.3 Å². The zero-order valence-electron chi connectivity index (χ0n) is 13.0. The molecule has 21 heavy (non-hydrogen) atoms. The Morgan fingerprint density at radius 2 is 2.19 bits per heavy atom. The molecule has 1 saturated heterocycles. The van der Waals surface area contributed by atoms with E-state index >= 15 is 0 Å². The van der Waals surface area contributed by atoms with Crippen LogP contribution < -0.4 is 5.32 Å². The Labute approximate surface area is 141 Å². The minimum atomic E-state index is 0.423. The standard InChI is InChI=1S/C17H27BrN2S/c1-2-6-14-11-20(12-16-15(18)7-10-21-16)17(13-19-14)8-4-3-5-9-17/h7,10,14,19H,2-6,8-9,11-13H2,1H3. The molecule has 1 spiro atoms. The van der Waals surface area contributed by atoms with Gasteiger partial charge in [-0.2, -0.15) is 0 Å². The SMILES string of the molecule is CCCC1CN(Cc2sccc2Br)C2(CCCCC2)CN1. The molecule has 0 radical (unpaired) electrons. The molecule has 2 aliphatic rings. The van der Waals surface area contributed by atoms with Gasteiger partial charge in [-0.3, -0.25) is 4.90 Å². The molecule has 4 heteroatoms. The van der Waals surface area contributed by atoms with E-state index in [2.05, 4.69) is 44.5 Å². The van der Waals surface area contributed by atoms with Gasteiger partial charge in [0.05, 0.1) is 0 Å². The first-order valence-corrected chi connectivity index (χ1v) is 10.1. The van der Waals surface area contributed by atoms with E-state index in [1.165, 1.54) is 67.4 Å². The molecule has 2 nitrogen and oxygen atoms in total. The third-order valence-corrected chi connectivity index (χ3v) is 7.19. The zero-order chi connectivity index (χ0) is 14.7. The highest BCUT2D eigenvalue weighted by atomic mass is 79.9. The van der Waals surface area contributed by atoms with E-state index in [9.17, 15) is 0 Å². The average molecular weight is 371 g/mol. The van der Waals surface area contributed by atoms with E-state index in [4.69, 9.17) is 0 Å². The number of thiophene rings is 1. The molecule has 1 aromatic heterocycles. The van der Waals surface area contributed by atoms with Crippen molar-refractivity contribution in [2.45, 2.75) is 70.0 Å². The molecule has 0 aromatic carbocycles. The van der Waals surface area contributed by atoms with E-state index in [-0.39, 0.29) is 0 Å². The number of halogens is 1. The molecule has 1 atom stereocenters. The summed E-state index contributed by atoms with van der Waals surface area (Å²) in [4.78, 5) is 4.32.